The second kappa shape index (κ2) is 4.77. The summed E-state index contributed by atoms with van der Waals surface area (Å²) in [5.74, 6) is 0. The van der Waals surface area contributed by atoms with Crippen LogP contribution in [0.15, 0.2) is 9.59 Å². The molecule has 3 heterocycles. The highest BCUT2D eigenvalue weighted by Crippen LogP contribution is 2.48. The lowest BCUT2D eigenvalue weighted by Gasteiger charge is -2.44. The molecule has 8 nitrogen and oxygen atoms in total. The van der Waals surface area contributed by atoms with E-state index in [1.54, 1.807) is 13.8 Å². The molecular weight excluding hydrogens is 280 g/mol. The van der Waals surface area contributed by atoms with Crippen molar-refractivity contribution >= 4 is 0 Å². The van der Waals surface area contributed by atoms with Gasteiger partial charge in [-0.1, -0.05) is 0 Å². The second-order valence-corrected chi connectivity index (χ2v) is 5.37. The summed E-state index contributed by atoms with van der Waals surface area (Å²) in [5, 5.41) is 19.8. The topological polar surface area (TPSA) is 114 Å². The fraction of sp³-hybridized carbons (Fsp3) is 0.692. The molecule has 0 aromatic carbocycles. The van der Waals surface area contributed by atoms with Crippen LogP contribution in [0.4, 0.5) is 0 Å². The third-order valence-corrected chi connectivity index (χ3v) is 4.35. The van der Waals surface area contributed by atoms with Crippen molar-refractivity contribution in [3.63, 3.8) is 0 Å². The second-order valence-electron chi connectivity index (χ2n) is 5.37. The van der Waals surface area contributed by atoms with Gasteiger partial charge in [-0.25, -0.2) is 4.79 Å². The number of aliphatic hydroxyl groups excluding tert-OH is 1. The quantitative estimate of drug-likeness (QED) is 0.616. The highest BCUT2D eigenvalue weighted by Gasteiger charge is 2.62. The van der Waals surface area contributed by atoms with Crippen molar-refractivity contribution in [2.45, 2.75) is 44.3 Å². The maximum Gasteiger partial charge on any atom is 0.330 e. The van der Waals surface area contributed by atoms with E-state index in [-0.39, 0.29) is 0 Å². The largest absolute Gasteiger partial charge is 0.394 e. The predicted octanol–water partition coefficient (Wildman–Crippen LogP) is -1.44. The van der Waals surface area contributed by atoms with Gasteiger partial charge < -0.3 is 19.7 Å². The van der Waals surface area contributed by atoms with Crippen LogP contribution in [-0.2, 0) is 9.47 Å². The standard InChI is InChI=1S/C13H18N2O6/c1-6-7(2)15(12(19)14-10(6)18)11-13(3-4-20-13)9(17)8(5-16)21-11/h8-9,11,16-17H,3-5H2,1-2H3,(H,14,18,19)/t8-,9-,11-,13-/m1/s1/i9D. The third-order valence-electron chi connectivity index (χ3n) is 4.35. The Kier molecular flexibility index (Phi) is 3.00. The van der Waals surface area contributed by atoms with E-state index in [0.717, 1.165) is 0 Å². The minimum absolute atomic E-state index is 0.304. The number of ether oxygens (including phenoxy) is 2. The van der Waals surface area contributed by atoms with Crippen molar-refractivity contribution in [3.05, 3.63) is 32.1 Å². The Labute approximate surface area is 121 Å². The average molecular weight is 299 g/mol. The summed E-state index contributed by atoms with van der Waals surface area (Å²) in [7, 11) is 0. The molecule has 116 valence electrons. The van der Waals surface area contributed by atoms with E-state index >= 15 is 0 Å². The van der Waals surface area contributed by atoms with E-state index in [1.165, 1.54) is 4.57 Å². The van der Waals surface area contributed by atoms with Gasteiger partial charge in [-0.15, -0.1) is 0 Å². The van der Waals surface area contributed by atoms with E-state index in [2.05, 4.69) is 4.98 Å². The predicted molar refractivity (Wildman–Crippen MR) is 71.1 cm³/mol. The minimum atomic E-state index is -2.19. The van der Waals surface area contributed by atoms with Gasteiger partial charge in [0.15, 0.2) is 6.23 Å². The van der Waals surface area contributed by atoms with Crippen LogP contribution in [0.1, 0.15) is 25.3 Å². The van der Waals surface area contributed by atoms with Gasteiger partial charge in [-0.3, -0.25) is 14.3 Å². The van der Waals surface area contributed by atoms with Crippen LogP contribution in [0.25, 0.3) is 0 Å². The molecule has 2 aliphatic heterocycles. The maximum absolute atomic E-state index is 12.2. The molecule has 21 heavy (non-hydrogen) atoms. The first-order valence-electron chi connectivity index (χ1n) is 7.21. The van der Waals surface area contributed by atoms with Crippen LogP contribution in [0.3, 0.4) is 0 Å². The Balaban J connectivity index is 2.19. The van der Waals surface area contributed by atoms with Gasteiger partial charge in [0, 0.05) is 17.7 Å². The summed E-state index contributed by atoms with van der Waals surface area (Å²) < 4.78 is 20.3. The van der Waals surface area contributed by atoms with Gasteiger partial charge in [0.1, 0.15) is 17.8 Å². The molecule has 2 aliphatic rings. The van der Waals surface area contributed by atoms with Gasteiger partial charge in [-0.2, -0.15) is 0 Å². The van der Waals surface area contributed by atoms with Gasteiger partial charge in [0.2, 0.25) is 0 Å². The zero-order valence-corrected chi connectivity index (χ0v) is 11.8. The van der Waals surface area contributed by atoms with E-state index < -0.39 is 41.9 Å². The smallest absolute Gasteiger partial charge is 0.330 e. The van der Waals surface area contributed by atoms with Crippen LogP contribution in [0.5, 0.6) is 0 Å². The minimum Gasteiger partial charge on any atom is -0.394 e. The zero-order valence-electron chi connectivity index (χ0n) is 12.8. The molecule has 2 saturated heterocycles. The molecule has 2 fully saturated rings. The Morgan fingerprint density at radius 1 is 1.52 bits per heavy atom. The molecule has 1 aromatic heterocycles. The molecule has 0 amide bonds. The average Bonchev–Trinajstić information content (AvgIpc) is 2.63. The van der Waals surface area contributed by atoms with Crippen LogP contribution >= 0.6 is 0 Å². The molecule has 3 N–H and O–H groups in total. The van der Waals surface area contributed by atoms with Crippen molar-refractivity contribution < 1.29 is 21.1 Å². The number of hydrogen-bond acceptors (Lipinski definition) is 6. The molecule has 3 rings (SSSR count). The summed E-state index contributed by atoms with van der Waals surface area (Å²) in [4.78, 5) is 26.0. The molecule has 0 radical (unpaired) electrons. The lowest BCUT2D eigenvalue weighted by atomic mass is 9.86. The van der Waals surface area contributed by atoms with Gasteiger partial charge >= 0.3 is 5.69 Å². The summed E-state index contributed by atoms with van der Waals surface area (Å²) in [6.45, 7) is 2.87. The first kappa shape index (κ1) is 13.2. The van der Waals surface area contributed by atoms with Crippen molar-refractivity contribution in [3.8, 4) is 0 Å². The highest BCUT2D eigenvalue weighted by atomic mass is 16.6. The van der Waals surface area contributed by atoms with Gasteiger partial charge in [0.25, 0.3) is 5.56 Å². The Hall–Kier alpha value is -1.48. The normalized spacial score (nSPS) is 39.3. The van der Waals surface area contributed by atoms with Crippen LogP contribution in [0.2, 0.25) is 0 Å². The van der Waals surface area contributed by atoms with Crippen molar-refractivity contribution in [2.75, 3.05) is 13.2 Å². The van der Waals surface area contributed by atoms with Gasteiger partial charge in [0.05, 0.1) is 14.6 Å². The van der Waals surface area contributed by atoms with E-state index in [9.17, 15) is 19.8 Å². The van der Waals surface area contributed by atoms with Crippen molar-refractivity contribution in [1.29, 1.82) is 0 Å². The number of nitrogens with zero attached hydrogens (tertiary/aromatic N) is 1. The fourth-order valence-electron chi connectivity index (χ4n) is 2.88. The number of H-pyrrole nitrogens is 1. The van der Waals surface area contributed by atoms with E-state index in [0.29, 0.717) is 24.3 Å². The van der Waals surface area contributed by atoms with Crippen LogP contribution < -0.4 is 11.2 Å². The monoisotopic (exact) mass is 299 g/mol. The number of aromatic nitrogens is 2. The van der Waals surface area contributed by atoms with Gasteiger partial charge in [-0.05, 0) is 13.8 Å². The first-order chi connectivity index (χ1) is 10.3. The molecule has 8 heteroatoms. The number of hydrogen-bond donors (Lipinski definition) is 3. The third kappa shape index (κ3) is 1.83. The summed E-state index contributed by atoms with van der Waals surface area (Å²) in [6, 6.07) is 0. The molecule has 0 saturated carbocycles. The Bertz CT molecular complexity index is 720. The highest BCUT2D eigenvalue weighted by molar-refractivity contribution is 5.17. The van der Waals surface area contributed by atoms with Crippen LogP contribution in [0, 0.1) is 13.8 Å². The molecule has 0 unspecified atom stereocenters. The van der Waals surface area contributed by atoms with Crippen molar-refractivity contribution in [2.24, 2.45) is 0 Å². The first-order valence-corrected chi connectivity index (χ1v) is 6.71. The molecule has 0 bridgehead atoms. The summed E-state index contributed by atoms with van der Waals surface area (Å²) in [5.41, 5.74) is -1.95. The zero-order chi connectivity index (χ0) is 16.3. The number of aromatic amines is 1. The van der Waals surface area contributed by atoms with E-state index in [4.69, 9.17) is 10.8 Å². The maximum atomic E-state index is 12.2. The van der Waals surface area contributed by atoms with E-state index in [1.807, 2.05) is 0 Å². The lowest BCUT2D eigenvalue weighted by Crippen LogP contribution is -2.58. The van der Waals surface area contributed by atoms with Crippen LogP contribution in [-0.4, -0.2) is 50.8 Å². The number of aliphatic hydroxyl groups is 2. The summed E-state index contributed by atoms with van der Waals surface area (Å²) in [6.07, 6.45) is -4.20. The SMILES string of the molecule is [2H][C@@]1(O)[C@@H](CO)O[C@@H](n2c(C)c(C)c(=O)[nH]c2=O)[C@@]12CCO2. The number of nitrogens with one attached hydrogen (secondary N) is 1. The van der Waals surface area contributed by atoms with Crippen molar-refractivity contribution in [1.82, 2.24) is 9.55 Å². The summed E-state index contributed by atoms with van der Waals surface area (Å²) >= 11 is 0. The molecule has 1 spiro atoms. The molecule has 4 atom stereocenters. The molecule has 1 aromatic rings. The fourth-order valence-corrected chi connectivity index (χ4v) is 2.88. The Morgan fingerprint density at radius 2 is 2.19 bits per heavy atom. The molecule has 0 aliphatic carbocycles. The number of rotatable bonds is 2. The Morgan fingerprint density at radius 3 is 2.71 bits per heavy atom. The lowest BCUT2D eigenvalue weighted by molar-refractivity contribution is -0.227. The molecular formula is C13H18N2O6.